The Bertz CT molecular complexity index is 1060. The summed E-state index contributed by atoms with van der Waals surface area (Å²) in [5.41, 5.74) is 0.130. The molecule has 0 aliphatic heterocycles. The van der Waals surface area contributed by atoms with Crippen molar-refractivity contribution in [3.63, 3.8) is 0 Å². The SMILES string of the molecule is O=C(COc1ccc(Br)cc1Br)NCCNC(=O)c1nc(-c2ccccc2F)no1. The molecule has 0 radical (unpaired) electrons. The number of aromatic nitrogens is 2. The summed E-state index contributed by atoms with van der Waals surface area (Å²) < 4.78 is 25.6. The van der Waals surface area contributed by atoms with Gasteiger partial charge in [-0.2, -0.15) is 4.98 Å². The molecule has 2 aromatic carbocycles. The van der Waals surface area contributed by atoms with Gasteiger partial charge in [-0.15, -0.1) is 0 Å². The van der Waals surface area contributed by atoms with Gasteiger partial charge in [0.2, 0.25) is 5.82 Å². The number of rotatable bonds is 8. The van der Waals surface area contributed by atoms with Crippen LogP contribution in [0.1, 0.15) is 10.7 Å². The van der Waals surface area contributed by atoms with Crippen molar-refractivity contribution in [3.8, 4) is 17.1 Å². The van der Waals surface area contributed by atoms with Crippen LogP contribution in [0.4, 0.5) is 4.39 Å². The van der Waals surface area contributed by atoms with E-state index in [2.05, 4.69) is 52.6 Å². The molecule has 3 rings (SSSR count). The second-order valence-electron chi connectivity index (χ2n) is 5.87. The van der Waals surface area contributed by atoms with Crippen molar-refractivity contribution >= 4 is 43.7 Å². The van der Waals surface area contributed by atoms with Gasteiger partial charge in [0.1, 0.15) is 11.6 Å². The minimum Gasteiger partial charge on any atom is -0.483 e. The quantitative estimate of drug-likeness (QED) is 0.424. The fraction of sp³-hybridized carbons (Fsp3) is 0.158. The number of amides is 2. The van der Waals surface area contributed by atoms with Crippen LogP contribution in [-0.4, -0.2) is 41.7 Å². The van der Waals surface area contributed by atoms with Gasteiger partial charge in [0, 0.05) is 17.6 Å². The Balaban J connectivity index is 1.40. The second kappa shape index (κ2) is 10.3. The van der Waals surface area contributed by atoms with Gasteiger partial charge in [0.05, 0.1) is 10.0 Å². The first-order valence-corrected chi connectivity index (χ1v) is 10.2. The molecule has 0 saturated carbocycles. The number of nitrogens with zero attached hydrogens (tertiary/aromatic N) is 2. The first-order valence-electron chi connectivity index (χ1n) is 8.65. The van der Waals surface area contributed by atoms with Crippen LogP contribution < -0.4 is 15.4 Å². The lowest BCUT2D eigenvalue weighted by Gasteiger charge is -2.09. The highest BCUT2D eigenvalue weighted by Crippen LogP contribution is 2.28. The Kier molecular flexibility index (Phi) is 7.52. The Hall–Kier alpha value is -2.79. The van der Waals surface area contributed by atoms with E-state index in [1.807, 2.05) is 0 Å². The summed E-state index contributed by atoms with van der Waals surface area (Å²) in [6.45, 7) is 0.123. The van der Waals surface area contributed by atoms with Gasteiger partial charge in [-0.3, -0.25) is 9.59 Å². The smallest absolute Gasteiger partial charge is 0.316 e. The molecule has 3 aromatic rings. The average molecular weight is 542 g/mol. The number of carbonyl (C=O) groups is 2. The summed E-state index contributed by atoms with van der Waals surface area (Å²) in [7, 11) is 0. The number of benzene rings is 2. The molecular weight excluding hydrogens is 527 g/mol. The molecule has 8 nitrogen and oxygen atoms in total. The van der Waals surface area contributed by atoms with Gasteiger partial charge in [-0.05, 0) is 46.3 Å². The minimum atomic E-state index is -0.630. The molecule has 2 N–H and O–H groups in total. The van der Waals surface area contributed by atoms with Gasteiger partial charge in [-0.25, -0.2) is 4.39 Å². The lowest BCUT2D eigenvalue weighted by molar-refractivity contribution is -0.123. The van der Waals surface area contributed by atoms with Crippen molar-refractivity contribution in [3.05, 3.63) is 63.1 Å². The van der Waals surface area contributed by atoms with E-state index in [4.69, 9.17) is 9.26 Å². The van der Waals surface area contributed by atoms with Gasteiger partial charge in [-0.1, -0.05) is 33.2 Å². The summed E-state index contributed by atoms with van der Waals surface area (Å²) >= 11 is 6.68. The van der Waals surface area contributed by atoms with E-state index in [0.717, 1.165) is 4.47 Å². The van der Waals surface area contributed by atoms with Crippen LogP contribution in [0.15, 0.2) is 55.9 Å². The number of hydrogen-bond donors (Lipinski definition) is 2. The third kappa shape index (κ3) is 5.86. The molecule has 1 aromatic heterocycles. The Morgan fingerprint density at radius 3 is 2.63 bits per heavy atom. The van der Waals surface area contributed by atoms with E-state index in [1.165, 1.54) is 18.2 Å². The van der Waals surface area contributed by atoms with Crippen LogP contribution in [0.5, 0.6) is 5.75 Å². The molecule has 0 bridgehead atoms. The van der Waals surface area contributed by atoms with Crippen molar-refractivity contribution in [2.75, 3.05) is 19.7 Å². The number of carbonyl (C=O) groups excluding carboxylic acids is 2. The molecule has 0 unspecified atom stereocenters. The molecule has 156 valence electrons. The third-order valence-corrected chi connectivity index (χ3v) is 4.83. The molecule has 0 spiro atoms. The molecule has 0 aliphatic carbocycles. The largest absolute Gasteiger partial charge is 0.483 e. The highest BCUT2D eigenvalue weighted by Gasteiger charge is 2.17. The van der Waals surface area contributed by atoms with Gasteiger partial charge in [0.25, 0.3) is 5.91 Å². The molecule has 0 saturated heterocycles. The summed E-state index contributed by atoms with van der Waals surface area (Å²) in [6.07, 6.45) is 0. The third-order valence-electron chi connectivity index (χ3n) is 3.72. The average Bonchev–Trinajstić information content (AvgIpc) is 3.21. The fourth-order valence-electron chi connectivity index (χ4n) is 2.31. The summed E-state index contributed by atoms with van der Waals surface area (Å²) in [5.74, 6) is -1.30. The van der Waals surface area contributed by atoms with E-state index < -0.39 is 11.7 Å². The van der Waals surface area contributed by atoms with E-state index in [9.17, 15) is 14.0 Å². The molecule has 0 fully saturated rings. The van der Waals surface area contributed by atoms with Gasteiger partial charge in [0.15, 0.2) is 6.61 Å². The number of ether oxygens (including phenoxy) is 1. The molecule has 1 heterocycles. The molecule has 0 aliphatic rings. The maximum Gasteiger partial charge on any atom is 0.316 e. The zero-order valence-corrected chi connectivity index (χ0v) is 18.5. The van der Waals surface area contributed by atoms with Crippen LogP contribution in [-0.2, 0) is 4.79 Å². The first kappa shape index (κ1) is 21.9. The van der Waals surface area contributed by atoms with Gasteiger partial charge >= 0.3 is 11.8 Å². The van der Waals surface area contributed by atoms with E-state index in [0.29, 0.717) is 10.2 Å². The zero-order valence-electron chi connectivity index (χ0n) is 15.3. The maximum absolute atomic E-state index is 13.7. The lowest BCUT2D eigenvalue weighted by Crippen LogP contribution is -2.36. The molecule has 11 heteroatoms. The molecule has 2 amide bonds. The van der Waals surface area contributed by atoms with Crippen molar-refractivity contribution in [1.29, 1.82) is 0 Å². The monoisotopic (exact) mass is 540 g/mol. The number of hydrogen-bond acceptors (Lipinski definition) is 6. The highest BCUT2D eigenvalue weighted by atomic mass is 79.9. The minimum absolute atomic E-state index is 0.0252. The Labute approximate surface area is 187 Å². The van der Waals surface area contributed by atoms with Crippen molar-refractivity contribution in [2.24, 2.45) is 0 Å². The number of halogens is 3. The van der Waals surface area contributed by atoms with Crippen LogP contribution >= 0.6 is 31.9 Å². The maximum atomic E-state index is 13.7. The predicted molar refractivity (Wildman–Crippen MR) is 112 cm³/mol. The molecule has 0 atom stereocenters. The van der Waals surface area contributed by atoms with E-state index in [-0.39, 0.29) is 42.9 Å². The van der Waals surface area contributed by atoms with Crippen LogP contribution in [0.25, 0.3) is 11.4 Å². The van der Waals surface area contributed by atoms with E-state index in [1.54, 1.807) is 24.3 Å². The molecule has 30 heavy (non-hydrogen) atoms. The zero-order chi connectivity index (χ0) is 21.5. The van der Waals surface area contributed by atoms with Gasteiger partial charge < -0.3 is 19.9 Å². The standard InChI is InChI=1S/C19H15Br2FN4O4/c20-11-5-6-15(13(21)9-11)29-10-16(27)23-7-8-24-18(28)19-25-17(26-30-19)12-3-1-2-4-14(12)22/h1-6,9H,7-8,10H2,(H,23,27)(H,24,28). The summed E-state index contributed by atoms with van der Waals surface area (Å²) in [4.78, 5) is 27.8. The fourth-order valence-corrected chi connectivity index (χ4v) is 3.47. The normalized spacial score (nSPS) is 10.5. The van der Waals surface area contributed by atoms with Crippen molar-refractivity contribution in [2.45, 2.75) is 0 Å². The number of nitrogens with one attached hydrogen (secondary N) is 2. The van der Waals surface area contributed by atoms with Crippen molar-refractivity contribution < 1.29 is 23.2 Å². The first-order chi connectivity index (χ1) is 14.4. The summed E-state index contributed by atoms with van der Waals surface area (Å²) in [5, 5.41) is 8.75. The Morgan fingerprint density at radius 2 is 1.87 bits per heavy atom. The predicted octanol–water partition coefficient (Wildman–Crippen LogP) is 3.33. The van der Waals surface area contributed by atoms with Crippen LogP contribution in [0, 0.1) is 5.82 Å². The van der Waals surface area contributed by atoms with Crippen LogP contribution in [0.3, 0.4) is 0 Å². The second-order valence-corrected chi connectivity index (χ2v) is 7.64. The Morgan fingerprint density at radius 1 is 1.10 bits per heavy atom. The summed E-state index contributed by atoms with van der Waals surface area (Å²) in [6, 6.07) is 11.2. The molecular formula is C19H15Br2FN4O4. The highest BCUT2D eigenvalue weighted by molar-refractivity contribution is 9.11. The lowest BCUT2D eigenvalue weighted by atomic mass is 10.2. The van der Waals surface area contributed by atoms with Crippen molar-refractivity contribution in [1.82, 2.24) is 20.8 Å². The topological polar surface area (TPSA) is 106 Å². The van der Waals surface area contributed by atoms with Crippen LogP contribution in [0.2, 0.25) is 0 Å². The van der Waals surface area contributed by atoms with E-state index >= 15 is 0 Å².